The molecule has 0 N–H and O–H groups in total. The third-order valence-corrected chi connectivity index (χ3v) is 7.52. The van der Waals surface area contributed by atoms with Crippen LogP contribution in [0.2, 0.25) is 0 Å². The highest BCUT2D eigenvalue weighted by Gasteiger charge is 2.24. The van der Waals surface area contributed by atoms with Crippen molar-refractivity contribution in [2.75, 3.05) is 38.2 Å². The lowest BCUT2D eigenvalue weighted by atomic mass is 10.1. The van der Waals surface area contributed by atoms with E-state index in [1.165, 1.54) is 44.5 Å². The molecule has 0 atom stereocenters. The van der Waals surface area contributed by atoms with E-state index in [1.54, 1.807) is 17.0 Å². The summed E-state index contributed by atoms with van der Waals surface area (Å²) in [5.41, 5.74) is 2.02. The third-order valence-electron chi connectivity index (χ3n) is 5.83. The van der Waals surface area contributed by atoms with E-state index < -0.39 is 9.84 Å². The Morgan fingerprint density at radius 1 is 0.853 bits per heavy atom. The highest BCUT2D eigenvalue weighted by atomic mass is 32.2. The number of methoxy groups -OCH3 is 1. The number of sulfone groups is 1. The molecule has 176 valence electrons. The smallest absolute Gasteiger partial charge is 0.255 e. The number of anilines is 1. The quantitative estimate of drug-likeness (QED) is 0.501. The predicted octanol–water partition coefficient (Wildman–Crippen LogP) is 3.09. The van der Waals surface area contributed by atoms with Gasteiger partial charge in [-0.05, 0) is 67.6 Å². The maximum absolute atomic E-state index is 12.9. The van der Waals surface area contributed by atoms with Crippen molar-refractivity contribution >= 4 is 27.2 Å². The van der Waals surface area contributed by atoms with Crippen molar-refractivity contribution in [2.45, 2.75) is 16.8 Å². The molecule has 34 heavy (non-hydrogen) atoms. The lowest BCUT2D eigenvalue weighted by Gasteiger charge is -2.36. The Hall–Kier alpha value is -3.72. The fourth-order valence-corrected chi connectivity index (χ4v) is 4.97. The van der Waals surface area contributed by atoms with E-state index in [0.29, 0.717) is 43.1 Å². The summed E-state index contributed by atoms with van der Waals surface area (Å²) >= 11 is 0. The van der Waals surface area contributed by atoms with Crippen LogP contribution in [0.5, 0.6) is 5.75 Å². The molecular formula is C25H25N3O5S. The number of pyridine rings is 1. The normalized spacial score (nSPS) is 14.1. The Labute approximate surface area is 198 Å². The van der Waals surface area contributed by atoms with Crippen molar-refractivity contribution < 1.29 is 22.7 Å². The molecule has 1 amide bonds. The van der Waals surface area contributed by atoms with Gasteiger partial charge in [-0.15, -0.1) is 0 Å². The molecule has 1 aliphatic rings. The monoisotopic (exact) mass is 479 g/mol. The number of ketones is 1. The zero-order valence-electron chi connectivity index (χ0n) is 19.0. The largest absolute Gasteiger partial charge is 0.497 e. The molecule has 9 heteroatoms. The summed E-state index contributed by atoms with van der Waals surface area (Å²) in [4.78, 5) is 32.5. The van der Waals surface area contributed by atoms with Gasteiger partial charge in [0.15, 0.2) is 10.8 Å². The average Bonchev–Trinajstić information content (AvgIpc) is 2.88. The van der Waals surface area contributed by atoms with Crippen molar-refractivity contribution in [3.05, 3.63) is 78.0 Å². The van der Waals surface area contributed by atoms with Crippen LogP contribution in [0, 0.1) is 0 Å². The number of ether oxygens (including phenoxy) is 1. The van der Waals surface area contributed by atoms with Gasteiger partial charge in [-0.3, -0.25) is 9.59 Å². The zero-order valence-corrected chi connectivity index (χ0v) is 19.8. The van der Waals surface area contributed by atoms with Gasteiger partial charge in [-0.2, -0.15) is 0 Å². The molecule has 0 aliphatic carbocycles. The Kier molecular flexibility index (Phi) is 6.65. The molecule has 0 radical (unpaired) electrons. The van der Waals surface area contributed by atoms with Gasteiger partial charge < -0.3 is 14.5 Å². The molecule has 2 aromatic carbocycles. The lowest BCUT2D eigenvalue weighted by molar-refractivity contribution is 0.0746. The van der Waals surface area contributed by atoms with Gasteiger partial charge >= 0.3 is 0 Å². The predicted molar refractivity (Wildman–Crippen MR) is 127 cm³/mol. The SMILES string of the molecule is COc1ccc(S(=O)(=O)c2ccc(C(=O)N3CCN(c4ccc(C(C)=O)cc4)CC3)cn2)cc1. The van der Waals surface area contributed by atoms with Crippen LogP contribution >= 0.6 is 0 Å². The standard InChI is InChI=1S/C25H25N3O5S/c1-18(29)19-3-6-21(7-4-19)27-13-15-28(16-14-27)25(30)20-5-12-24(26-17-20)34(31,32)23-10-8-22(33-2)9-11-23/h3-12,17H,13-16H2,1-2H3. The van der Waals surface area contributed by atoms with Crippen molar-refractivity contribution in [1.82, 2.24) is 9.88 Å². The molecule has 8 nitrogen and oxygen atoms in total. The molecule has 2 heterocycles. The van der Waals surface area contributed by atoms with Gasteiger partial charge in [-0.1, -0.05) is 0 Å². The van der Waals surface area contributed by atoms with Crippen LogP contribution in [0.3, 0.4) is 0 Å². The fourth-order valence-electron chi connectivity index (χ4n) is 3.80. The Morgan fingerprint density at radius 3 is 2.00 bits per heavy atom. The molecule has 1 aromatic heterocycles. The van der Waals surface area contributed by atoms with Gasteiger partial charge in [-0.25, -0.2) is 13.4 Å². The topological polar surface area (TPSA) is 96.9 Å². The molecule has 1 saturated heterocycles. The van der Waals surface area contributed by atoms with Gasteiger partial charge in [0.2, 0.25) is 9.84 Å². The van der Waals surface area contributed by atoms with E-state index in [1.807, 2.05) is 24.3 Å². The molecule has 3 aromatic rings. The first-order valence-electron chi connectivity index (χ1n) is 10.8. The van der Waals surface area contributed by atoms with Crippen LogP contribution in [0.25, 0.3) is 0 Å². The van der Waals surface area contributed by atoms with Gasteiger partial charge in [0.1, 0.15) is 5.75 Å². The van der Waals surface area contributed by atoms with E-state index >= 15 is 0 Å². The van der Waals surface area contributed by atoms with Crippen LogP contribution in [0.15, 0.2) is 76.8 Å². The number of carbonyl (C=O) groups excluding carboxylic acids is 2. The average molecular weight is 480 g/mol. The first-order valence-corrected chi connectivity index (χ1v) is 12.3. The van der Waals surface area contributed by atoms with Crippen LogP contribution < -0.4 is 9.64 Å². The summed E-state index contributed by atoms with van der Waals surface area (Å²) in [6, 6.07) is 16.4. The molecule has 0 bridgehead atoms. The Bertz CT molecular complexity index is 1280. The number of hydrogen-bond donors (Lipinski definition) is 0. The number of Topliss-reactive ketones (excluding diaryl/α,β-unsaturated/α-hetero) is 1. The maximum atomic E-state index is 12.9. The minimum Gasteiger partial charge on any atom is -0.497 e. The summed E-state index contributed by atoms with van der Waals surface area (Å²) < 4.78 is 30.7. The van der Waals surface area contributed by atoms with Crippen LogP contribution in [0.4, 0.5) is 5.69 Å². The summed E-state index contributed by atoms with van der Waals surface area (Å²) in [5.74, 6) is 0.395. The maximum Gasteiger partial charge on any atom is 0.255 e. The second-order valence-corrected chi connectivity index (χ2v) is 9.84. The highest BCUT2D eigenvalue weighted by molar-refractivity contribution is 7.91. The Morgan fingerprint density at radius 2 is 1.47 bits per heavy atom. The first kappa shape index (κ1) is 23.4. The van der Waals surface area contributed by atoms with Crippen molar-refractivity contribution in [3.63, 3.8) is 0 Å². The molecule has 4 rings (SSSR count). The van der Waals surface area contributed by atoms with E-state index in [2.05, 4.69) is 9.88 Å². The van der Waals surface area contributed by atoms with Crippen LogP contribution in [-0.2, 0) is 9.84 Å². The number of carbonyl (C=O) groups is 2. The number of aromatic nitrogens is 1. The zero-order chi connectivity index (χ0) is 24.3. The van der Waals surface area contributed by atoms with Crippen molar-refractivity contribution in [2.24, 2.45) is 0 Å². The number of hydrogen-bond acceptors (Lipinski definition) is 7. The summed E-state index contributed by atoms with van der Waals surface area (Å²) in [7, 11) is -2.29. The second-order valence-electron chi connectivity index (χ2n) is 7.95. The highest BCUT2D eigenvalue weighted by Crippen LogP contribution is 2.23. The fraction of sp³-hybridized carbons (Fsp3) is 0.240. The summed E-state index contributed by atoms with van der Waals surface area (Å²) in [6.07, 6.45) is 1.31. The number of piperazine rings is 1. The van der Waals surface area contributed by atoms with Crippen LogP contribution in [-0.4, -0.2) is 63.3 Å². The van der Waals surface area contributed by atoms with Gasteiger partial charge in [0.05, 0.1) is 17.6 Å². The third kappa shape index (κ3) is 4.79. The molecule has 0 saturated carbocycles. The lowest BCUT2D eigenvalue weighted by Crippen LogP contribution is -2.48. The molecule has 0 unspecified atom stereocenters. The number of amides is 1. The number of nitrogens with zero attached hydrogens (tertiary/aromatic N) is 3. The molecule has 0 spiro atoms. The minimum absolute atomic E-state index is 0.0263. The summed E-state index contributed by atoms with van der Waals surface area (Å²) in [6.45, 7) is 3.90. The molecule has 1 fully saturated rings. The van der Waals surface area contributed by atoms with Crippen molar-refractivity contribution in [1.29, 1.82) is 0 Å². The number of benzene rings is 2. The van der Waals surface area contributed by atoms with Gasteiger partial charge in [0, 0.05) is 43.6 Å². The molecule has 1 aliphatic heterocycles. The van der Waals surface area contributed by atoms with Gasteiger partial charge in [0.25, 0.3) is 5.91 Å². The summed E-state index contributed by atoms with van der Waals surface area (Å²) in [5, 5.41) is -0.118. The number of rotatable bonds is 6. The van der Waals surface area contributed by atoms with Crippen molar-refractivity contribution in [3.8, 4) is 5.75 Å². The van der Waals surface area contributed by atoms with E-state index in [0.717, 1.165) is 5.69 Å². The molecular weight excluding hydrogens is 454 g/mol. The van der Waals surface area contributed by atoms with E-state index in [4.69, 9.17) is 4.74 Å². The van der Waals surface area contributed by atoms with Crippen LogP contribution in [0.1, 0.15) is 27.6 Å². The van der Waals surface area contributed by atoms with E-state index in [-0.39, 0.29) is 21.6 Å². The van der Waals surface area contributed by atoms with E-state index in [9.17, 15) is 18.0 Å². The first-order chi connectivity index (χ1) is 16.3. The minimum atomic E-state index is -3.80. The second kappa shape index (κ2) is 9.64. The Balaban J connectivity index is 1.40.